The molecule has 128 valence electrons. The van der Waals surface area contributed by atoms with E-state index < -0.39 is 5.60 Å². The second kappa shape index (κ2) is 7.64. The number of nitrogens with one attached hydrogen (secondary N) is 2. The molecule has 0 saturated heterocycles. The Hall–Kier alpha value is -1.82. The first-order valence-corrected chi connectivity index (χ1v) is 8.23. The van der Waals surface area contributed by atoms with E-state index in [0.29, 0.717) is 12.6 Å². The number of ether oxygens (including phenoxy) is 1. The fraction of sp³-hybridized carbons (Fsp3) is 0.647. The predicted molar refractivity (Wildman–Crippen MR) is 90.3 cm³/mol. The summed E-state index contributed by atoms with van der Waals surface area (Å²) in [6.45, 7) is 6.80. The Bertz CT molecular complexity index is 557. The average molecular weight is 320 g/mol. The number of fused-ring (bicyclic) bond motifs is 1. The lowest BCUT2D eigenvalue weighted by molar-refractivity contribution is 0.0534. The number of nitrogens with zero attached hydrogens (tertiary/aromatic N) is 2. The lowest BCUT2D eigenvalue weighted by atomic mass is 9.93. The van der Waals surface area contributed by atoms with Crippen LogP contribution >= 0.6 is 0 Å². The van der Waals surface area contributed by atoms with E-state index in [4.69, 9.17) is 4.74 Å². The van der Waals surface area contributed by atoms with Crippen LogP contribution in [-0.4, -0.2) is 34.6 Å². The number of carbonyl (C=O) groups is 1. The maximum atomic E-state index is 11.5. The lowest BCUT2D eigenvalue weighted by Crippen LogP contribution is -2.32. The van der Waals surface area contributed by atoms with Crippen molar-refractivity contribution in [3.63, 3.8) is 0 Å². The molecule has 0 saturated carbocycles. The molecule has 1 aliphatic carbocycles. The number of aromatic nitrogens is 2. The first kappa shape index (κ1) is 17.5. The van der Waals surface area contributed by atoms with Gasteiger partial charge in [-0.3, -0.25) is 4.68 Å². The predicted octanol–water partition coefficient (Wildman–Crippen LogP) is 2.47. The Balaban J connectivity index is 1.69. The highest BCUT2D eigenvalue weighted by Gasteiger charge is 2.22. The van der Waals surface area contributed by atoms with Crippen molar-refractivity contribution in [2.45, 2.75) is 51.7 Å². The molecule has 0 bridgehead atoms. The van der Waals surface area contributed by atoms with Gasteiger partial charge in [0.2, 0.25) is 0 Å². The number of hydrogen-bond donors (Lipinski definition) is 2. The summed E-state index contributed by atoms with van der Waals surface area (Å²) in [6, 6.07) is 0.371. The van der Waals surface area contributed by atoms with Crippen LogP contribution in [0.5, 0.6) is 0 Å². The van der Waals surface area contributed by atoms with E-state index in [1.54, 1.807) is 0 Å². The smallest absolute Gasteiger partial charge is 0.407 e. The number of rotatable bonds is 5. The van der Waals surface area contributed by atoms with Crippen LogP contribution in [0.3, 0.4) is 0 Å². The Morgan fingerprint density at radius 2 is 2.17 bits per heavy atom. The molecule has 1 aromatic rings. The fourth-order valence-electron chi connectivity index (χ4n) is 2.75. The molecule has 23 heavy (non-hydrogen) atoms. The Morgan fingerprint density at radius 3 is 2.91 bits per heavy atom. The molecule has 1 aromatic heterocycles. The minimum Gasteiger partial charge on any atom is -0.444 e. The van der Waals surface area contributed by atoms with E-state index in [9.17, 15) is 4.79 Å². The monoisotopic (exact) mass is 320 g/mol. The van der Waals surface area contributed by atoms with Gasteiger partial charge in [0.25, 0.3) is 0 Å². The van der Waals surface area contributed by atoms with Crippen LogP contribution < -0.4 is 10.6 Å². The van der Waals surface area contributed by atoms with E-state index in [-0.39, 0.29) is 6.09 Å². The third kappa shape index (κ3) is 5.39. The Labute approximate surface area is 138 Å². The van der Waals surface area contributed by atoms with Crippen LogP contribution in [0.4, 0.5) is 4.79 Å². The standard InChI is InChI=1S/C17H28N4O2/c1-17(2,3)23-16(22)19-11-6-5-10-18-14-8-7-9-15-13(14)12-20-21(15)4/h5-6,12,14,18H,7-11H2,1-4H3,(H,19,22)/b6-5+. The summed E-state index contributed by atoms with van der Waals surface area (Å²) in [5.41, 5.74) is 2.20. The van der Waals surface area contributed by atoms with Gasteiger partial charge in [0.1, 0.15) is 5.60 Å². The highest BCUT2D eigenvalue weighted by atomic mass is 16.6. The van der Waals surface area contributed by atoms with Crippen LogP contribution in [0, 0.1) is 0 Å². The molecular formula is C17H28N4O2. The molecule has 0 aromatic carbocycles. The summed E-state index contributed by atoms with van der Waals surface area (Å²) >= 11 is 0. The summed E-state index contributed by atoms with van der Waals surface area (Å²) in [6.07, 6.45) is 8.99. The lowest BCUT2D eigenvalue weighted by Gasteiger charge is -2.23. The molecule has 0 fully saturated rings. The second-order valence-corrected chi connectivity index (χ2v) is 6.88. The largest absolute Gasteiger partial charge is 0.444 e. The number of carbonyl (C=O) groups excluding carboxylic acids is 1. The van der Waals surface area contributed by atoms with Gasteiger partial charge < -0.3 is 15.4 Å². The van der Waals surface area contributed by atoms with Gasteiger partial charge in [0.15, 0.2) is 0 Å². The molecule has 1 amide bonds. The zero-order valence-corrected chi connectivity index (χ0v) is 14.6. The molecule has 1 heterocycles. The van der Waals surface area contributed by atoms with E-state index in [2.05, 4.69) is 15.7 Å². The van der Waals surface area contributed by atoms with Crippen molar-refractivity contribution >= 4 is 6.09 Å². The third-order valence-electron chi connectivity index (χ3n) is 3.79. The van der Waals surface area contributed by atoms with Crippen molar-refractivity contribution in [2.75, 3.05) is 13.1 Å². The topological polar surface area (TPSA) is 68.2 Å². The van der Waals surface area contributed by atoms with Crippen LogP contribution in [0.25, 0.3) is 0 Å². The SMILES string of the molecule is Cn1ncc2c1CCCC2NC/C=C/CNC(=O)OC(C)(C)C. The molecule has 0 radical (unpaired) electrons. The molecular weight excluding hydrogens is 292 g/mol. The molecule has 2 N–H and O–H groups in total. The van der Waals surface area contributed by atoms with E-state index in [1.165, 1.54) is 17.7 Å². The van der Waals surface area contributed by atoms with E-state index >= 15 is 0 Å². The summed E-state index contributed by atoms with van der Waals surface area (Å²) in [5, 5.41) is 10.6. The highest BCUT2D eigenvalue weighted by Crippen LogP contribution is 2.28. The van der Waals surface area contributed by atoms with Crippen LogP contribution in [0.15, 0.2) is 18.3 Å². The second-order valence-electron chi connectivity index (χ2n) is 6.88. The number of aryl methyl sites for hydroxylation is 1. The normalized spacial score (nSPS) is 18.0. The maximum absolute atomic E-state index is 11.5. The van der Waals surface area contributed by atoms with Gasteiger partial charge in [-0.2, -0.15) is 5.10 Å². The van der Waals surface area contributed by atoms with Crippen molar-refractivity contribution in [3.05, 3.63) is 29.6 Å². The minimum atomic E-state index is -0.461. The average Bonchev–Trinajstić information content (AvgIpc) is 2.83. The maximum Gasteiger partial charge on any atom is 0.407 e. The van der Waals surface area contributed by atoms with Crippen molar-refractivity contribution in [2.24, 2.45) is 7.05 Å². The van der Waals surface area contributed by atoms with Crippen LogP contribution in [-0.2, 0) is 18.2 Å². The molecule has 1 atom stereocenters. The van der Waals surface area contributed by atoms with Crippen LogP contribution in [0.1, 0.15) is 50.9 Å². The van der Waals surface area contributed by atoms with Crippen molar-refractivity contribution in [3.8, 4) is 0 Å². The van der Waals surface area contributed by atoms with Crippen LogP contribution in [0.2, 0.25) is 0 Å². The van der Waals surface area contributed by atoms with Gasteiger partial charge in [-0.25, -0.2) is 4.79 Å². The molecule has 0 spiro atoms. The molecule has 6 heteroatoms. The third-order valence-corrected chi connectivity index (χ3v) is 3.79. The zero-order chi connectivity index (χ0) is 16.9. The quantitative estimate of drug-likeness (QED) is 0.818. The first-order valence-electron chi connectivity index (χ1n) is 8.23. The van der Waals surface area contributed by atoms with Gasteiger partial charge in [-0.05, 0) is 40.0 Å². The first-order chi connectivity index (χ1) is 10.9. The molecule has 0 aliphatic heterocycles. The van der Waals surface area contributed by atoms with Gasteiger partial charge in [0, 0.05) is 37.4 Å². The highest BCUT2D eigenvalue weighted by molar-refractivity contribution is 5.67. The van der Waals surface area contributed by atoms with Gasteiger partial charge in [-0.1, -0.05) is 12.2 Å². The number of alkyl carbamates (subject to hydrolysis) is 1. The molecule has 2 rings (SSSR count). The fourth-order valence-corrected chi connectivity index (χ4v) is 2.75. The summed E-state index contributed by atoms with van der Waals surface area (Å²) < 4.78 is 7.15. The number of hydrogen-bond acceptors (Lipinski definition) is 4. The van der Waals surface area contributed by atoms with E-state index in [0.717, 1.165) is 19.4 Å². The van der Waals surface area contributed by atoms with Gasteiger partial charge in [-0.15, -0.1) is 0 Å². The minimum absolute atomic E-state index is 0.371. The van der Waals surface area contributed by atoms with Gasteiger partial charge >= 0.3 is 6.09 Å². The Morgan fingerprint density at radius 1 is 1.43 bits per heavy atom. The molecule has 1 unspecified atom stereocenters. The zero-order valence-electron chi connectivity index (χ0n) is 14.6. The molecule has 1 aliphatic rings. The Kier molecular flexibility index (Phi) is 5.82. The van der Waals surface area contributed by atoms with Gasteiger partial charge in [0.05, 0.1) is 6.20 Å². The van der Waals surface area contributed by atoms with Crippen molar-refractivity contribution in [1.29, 1.82) is 0 Å². The van der Waals surface area contributed by atoms with Crippen molar-refractivity contribution < 1.29 is 9.53 Å². The summed E-state index contributed by atoms with van der Waals surface area (Å²) in [7, 11) is 2.00. The number of amides is 1. The molecule has 6 nitrogen and oxygen atoms in total. The summed E-state index contributed by atoms with van der Waals surface area (Å²) in [4.78, 5) is 11.5. The summed E-state index contributed by atoms with van der Waals surface area (Å²) in [5.74, 6) is 0. The van der Waals surface area contributed by atoms with E-state index in [1.807, 2.05) is 50.8 Å². The van der Waals surface area contributed by atoms with Crippen molar-refractivity contribution in [1.82, 2.24) is 20.4 Å².